The van der Waals surface area contributed by atoms with E-state index in [2.05, 4.69) is 59.5 Å². The molecule has 25 nitrogen and oxygen atoms in total. The number of likely N-dealkylation sites (tertiary alicyclic amines) is 2. The highest BCUT2D eigenvalue weighted by atomic mass is 32.1. The fourth-order valence-corrected chi connectivity index (χ4v) is 8.46. The zero-order chi connectivity index (χ0) is 52.4. The Kier molecular flexibility index (Phi) is 21.9. The molecule has 8 amide bonds. The molecule has 0 aliphatic carbocycles. The van der Waals surface area contributed by atoms with E-state index in [1.807, 2.05) is 0 Å². The normalized spacial score (nSPS) is 18.3. The van der Waals surface area contributed by atoms with Crippen molar-refractivity contribution < 1.29 is 53.4 Å². The number of aliphatic imine (C=N–C) groups is 1. The van der Waals surface area contributed by atoms with Crippen LogP contribution in [0.5, 0.6) is 5.75 Å². The minimum Gasteiger partial charge on any atom is -0.508 e. The number of H-pyrrole nitrogens is 1. The van der Waals surface area contributed by atoms with E-state index in [1.165, 1.54) is 41.4 Å². The average molecular weight is 1010 g/mol. The second-order valence-corrected chi connectivity index (χ2v) is 18.0. The van der Waals surface area contributed by atoms with Crippen LogP contribution in [0.1, 0.15) is 77.0 Å². The third-order valence-corrected chi connectivity index (χ3v) is 12.7. The summed E-state index contributed by atoms with van der Waals surface area (Å²) >= 11 is 4.20. The summed E-state index contributed by atoms with van der Waals surface area (Å²) in [6.45, 7) is 4.69. The highest BCUT2D eigenvalue weighted by Gasteiger charge is 2.42. The Balaban J connectivity index is 1.43. The Hall–Kier alpha value is -6.96. The Labute approximate surface area is 416 Å². The summed E-state index contributed by atoms with van der Waals surface area (Å²) in [7, 11) is 0. The number of nitrogens with two attached hydrogens (primary N) is 3. The van der Waals surface area contributed by atoms with E-state index < -0.39 is 108 Å². The molecular formula is C45H68N14O11S. The first-order valence-electron chi connectivity index (χ1n) is 23.5. The predicted molar refractivity (Wildman–Crippen MR) is 261 cm³/mol. The van der Waals surface area contributed by atoms with Gasteiger partial charge in [-0.2, -0.15) is 12.6 Å². The Morgan fingerprint density at radius 2 is 1.45 bits per heavy atom. The molecule has 2 fully saturated rings. The zero-order valence-corrected chi connectivity index (χ0v) is 41.0. The quantitative estimate of drug-likeness (QED) is 0.0192. The van der Waals surface area contributed by atoms with Crippen LogP contribution >= 0.6 is 12.6 Å². The van der Waals surface area contributed by atoms with Gasteiger partial charge in [0, 0.05) is 50.1 Å². The van der Waals surface area contributed by atoms with Crippen LogP contribution in [0.15, 0.2) is 41.8 Å². The fourth-order valence-electron chi connectivity index (χ4n) is 8.20. The summed E-state index contributed by atoms with van der Waals surface area (Å²) in [5.74, 6) is -7.42. The van der Waals surface area contributed by atoms with Gasteiger partial charge in [0.2, 0.25) is 47.3 Å². The molecule has 4 rings (SSSR count). The topological polar surface area (TPSA) is 392 Å². The first-order chi connectivity index (χ1) is 33.7. The number of thiol groups is 1. The lowest BCUT2D eigenvalue weighted by Gasteiger charge is -2.32. The van der Waals surface area contributed by atoms with Crippen molar-refractivity contribution in [1.29, 1.82) is 0 Å². The number of phenols is 1. The zero-order valence-electron chi connectivity index (χ0n) is 40.1. The van der Waals surface area contributed by atoms with Crippen LogP contribution in [0.3, 0.4) is 0 Å². The highest BCUT2D eigenvalue weighted by molar-refractivity contribution is 7.80. The van der Waals surface area contributed by atoms with E-state index in [-0.39, 0.29) is 81.5 Å². The number of aromatic hydroxyl groups is 1. The Morgan fingerprint density at radius 1 is 0.831 bits per heavy atom. The predicted octanol–water partition coefficient (Wildman–Crippen LogP) is -3.12. The van der Waals surface area contributed by atoms with E-state index in [4.69, 9.17) is 17.2 Å². The molecule has 2 saturated heterocycles. The van der Waals surface area contributed by atoms with Gasteiger partial charge in [0.05, 0.1) is 18.9 Å². The van der Waals surface area contributed by atoms with E-state index in [0.29, 0.717) is 30.5 Å². The molecule has 1 aromatic carbocycles. The molecular weight excluding hydrogens is 945 g/mol. The number of aliphatic carboxylic acids is 1. The summed E-state index contributed by atoms with van der Waals surface area (Å²) in [5, 5.41) is 34.8. The summed E-state index contributed by atoms with van der Waals surface area (Å²) in [5.41, 5.74) is 18.4. The summed E-state index contributed by atoms with van der Waals surface area (Å²) in [4.78, 5) is 134. The van der Waals surface area contributed by atoms with Gasteiger partial charge in [-0.25, -0.2) is 9.78 Å². The van der Waals surface area contributed by atoms with Crippen molar-refractivity contribution in [2.75, 3.05) is 31.9 Å². The van der Waals surface area contributed by atoms with Crippen LogP contribution in [0.4, 0.5) is 0 Å². The number of amides is 8. The number of nitrogens with zero attached hydrogens (tertiary/aromatic N) is 4. The van der Waals surface area contributed by atoms with Gasteiger partial charge in [0.1, 0.15) is 48.0 Å². The van der Waals surface area contributed by atoms with Crippen LogP contribution in [-0.2, 0) is 56.0 Å². The van der Waals surface area contributed by atoms with Crippen molar-refractivity contribution in [3.05, 3.63) is 48.0 Å². The van der Waals surface area contributed by atoms with Crippen molar-refractivity contribution >= 4 is 71.8 Å². The number of guanidine groups is 1. The molecule has 0 unspecified atom stereocenters. The minimum absolute atomic E-state index is 0.00539. The number of imidazole rings is 1. The number of aromatic amines is 1. The molecule has 0 bridgehead atoms. The standard InChI is InChI=1S/C45H68N14O11S/c1-4-24(2)36(44(69)70)57-35(61)21-51-38(63)32(22-71)56-41(66)34-10-7-17-59(34)43(68)30(8-5-15-50-45(47)48)54-40(65)33-9-6-16-58(33)42(67)25(3)53-39(64)31(18-26-11-13-28(60)14-12-26)55-37(62)29(46)19-27-20-49-23-52-27/h11-14,20,23-25,29-34,36,60,71H,4-10,15-19,21-22,46H2,1-3H3,(H,49,52)(H,51,63)(H,53,64)(H,54,65)(H,55,62)(H,56,66)(H,57,61)(H,69,70)(H4,47,48,50)/t24-,25-,29-,30-,31-,32-,33-,34-,36-/m0/s1. The maximum absolute atomic E-state index is 14.3. The fraction of sp³-hybridized carbons (Fsp3) is 0.578. The maximum Gasteiger partial charge on any atom is 0.326 e. The minimum atomic E-state index is -1.24. The molecule has 0 saturated carbocycles. The number of hydrogen-bond donors (Lipinski definition) is 13. The molecule has 1 aromatic heterocycles. The van der Waals surface area contributed by atoms with E-state index in [0.717, 1.165) is 0 Å². The van der Waals surface area contributed by atoms with Gasteiger partial charge in [0.15, 0.2) is 5.96 Å². The number of carbonyl (C=O) groups excluding carboxylic acids is 8. The number of carboxylic acids is 1. The second kappa shape index (κ2) is 27.4. The van der Waals surface area contributed by atoms with E-state index in [1.54, 1.807) is 26.0 Å². The molecule has 15 N–H and O–H groups in total. The molecule has 71 heavy (non-hydrogen) atoms. The van der Waals surface area contributed by atoms with Gasteiger partial charge >= 0.3 is 5.97 Å². The smallest absolute Gasteiger partial charge is 0.326 e. The number of carbonyl (C=O) groups is 9. The Bertz CT molecular complexity index is 2210. The van der Waals surface area contributed by atoms with Gasteiger partial charge in [-0.3, -0.25) is 43.3 Å². The molecule has 2 aliphatic heterocycles. The number of hydrogen-bond acceptors (Lipinski definition) is 14. The maximum atomic E-state index is 14.3. The Morgan fingerprint density at radius 3 is 2.01 bits per heavy atom. The summed E-state index contributed by atoms with van der Waals surface area (Å²) in [6.07, 6.45) is 5.04. The van der Waals surface area contributed by atoms with Crippen LogP contribution in [0.2, 0.25) is 0 Å². The number of benzene rings is 1. The van der Waals surface area contributed by atoms with Crippen molar-refractivity contribution in [2.24, 2.45) is 28.1 Å². The van der Waals surface area contributed by atoms with Crippen molar-refractivity contribution in [1.82, 2.24) is 51.7 Å². The molecule has 0 spiro atoms. The average Bonchev–Trinajstić information content (AvgIpc) is 4.16. The van der Waals surface area contributed by atoms with Crippen molar-refractivity contribution in [2.45, 2.75) is 127 Å². The van der Waals surface area contributed by atoms with E-state index >= 15 is 0 Å². The monoisotopic (exact) mass is 1010 g/mol. The van der Waals surface area contributed by atoms with E-state index in [9.17, 15) is 53.4 Å². The van der Waals surface area contributed by atoms with Gasteiger partial charge in [0.25, 0.3) is 0 Å². The first kappa shape index (κ1) is 56.6. The largest absolute Gasteiger partial charge is 0.508 e. The number of nitrogens with one attached hydrogen (secondary N) is 7. The van der Waals surface area contributed by atoms with Gasteiger partial charge in [-0.1, -0.05) is 32.4 Å². The van der Waals surface area contributed by atoms with Gasteiger partial charge in [-0.05, 0) is 69.1 Å². The third kappa shape index (κ3) is 16.9. The van der Waals surface area contributed by atoms with Crippen molar-refractivity contribution in [3.8, 4) is 5.75 Å². The highest BCUT2D eigenvalue weighted by Crippen LogP contribution is 2.23. The third-order valence-electron chi connectivity index (χ3n) is 12.3. The summed E-state index contributed by atoms with van der Waals surface area (Å²) in [6, 6.07) is -3.18. The van der Waals surface area contributed by atoms with Crippen LogP contribution in [-0.4, -0.2) is 169 Å². The number of phenolic OH excluding ortho intramolecular Hbond substituents is 1. The second-order valence-electron chi connectivity index (χ2n) is 17.7. The lowest BCUT2D eigenvalue weighted by atomic mass is 9.99. The lowest BCUT2D eigenvalue weighted by Crippen LogP contribution is -2.59. The van der Waals surface area contributed by atoms with Gasteiger partial charge in [-0.15, -0.1) is 0 Å². The number of rotatable bonds is 26. The molecule has 26 heteroatoms. The van der Waals surface area contributed by atoms with Crippen molar-refractivity contribution in [3.63, 3.8) is 0 Å². The molecule has 2 aliphatic rings. The SMILES string of the molecule is CC[C@H](C)[C@H](NC(=O)CNC(=O)[C@H](CS)NC(=O)[C@@H]1CCCN1C(=O)[C@H](CCCN=C(N)N)NC(=O)[C@@H]1CCCN1C(=O)[C@H](C)NC(=O)[C@H](Cc1ccc(O)cc1)NC(=O)[C@@H](N)Cc1cnc[nH]1)C(=O)O. The van der Waals surface area contributed by atoms with Crippen LogP contribution in [0.25, 0.3) is 0 Å². The molecule has 3 heterocycles. The van der Waals surface area contributed by atoms with Crippen LogP contribution < -0.4 is 49.1 Å². The van der Waals surface area contributed by atoms with Gasteiger partial charge < -0.3 is 74.1 Å². The molecule has 390 valence electrons. The lowest BCUT2D eigenvalue weighted by molar-refractivity contribution is -0.144. The number of carboxylic acid groups (broad SMARTS) is 1. The summed E-state index contributed by atoms with van der Waals surface area (Å²) < 4.78 is 0. The molecule has 9 atom stereocenters. The number of aromatic nitrogens is 2. The first-order valence-corrected chi connectivity index (χ1v) is 24.2. The molecule has 0 radical (unpaired) electrons. The van der Waals surface area contributed by atoms with Crippen LogP contribution in [0, 0.1) is 5.92 Å². The molecule has 2 aromatic rings.